The zero-order valence-corrected chi connectivity index (χ0v) is 13.5. The maximum atomic E-state index is 8.96. The smallest absolute Gasteiger partial charge is 0.0991 e. The van der Waals surface area contributed by atoms with Gasteiger partial charge < -0.3 is 0 Å². The van der Waals surface area contributed by atoms with Crippen molar-refractivity contribution in [2.24, 2.45) is 0 Å². The molecule has 2 rings (SSSR count). The molecule has 0 unspecified atom stereocenters. The highest BCUT2D eigenvalue weighted by Crippen LogP contribution is 2.24. The molecule has 1 aromatic heterocycles. The van der Waals surface area contributed by atoms with Crippen LogP contribution in [0, 0.1) is 11.3 Å². The molecular formula is C16H15BrN2S. The van der Waals surface area contributed by atoms with Crippen LogP contribution < -0.4 is 0 Å². The lowest BCUT2D eigenvalue weighted by atomic mass is 10.1. The fourth-order valence-corrected chi connectivity index (χ4v) is 3.53. The first kappa shape index (κ1) is 15.0. The summed E-state index contributed by atoms with van der Waals surface area (Å²) in [5, 5.41) is 11.0. The first-order valence-electron chi connectivity index (χ1n) is 6.27. The molecule has 2 nitrogen and oxygen atoms in total. The Morgan fingerprint density at radius 2 is 2.20 bits per heavy atom. The van der Waals surface area contributed by atoms with Crippen LogP contribution in [-0.4, -0.2) is 11.4 Å². The summed E-state index contributed by atoms with van der Waals surface area (Å²) in [6.45, 7) is 6.33. The number of benzene rings is 1. The van der Waals surface area contributed by atoms with Gasteiger partial charge in [-0.05, 0) is 45.1 Å². The summed E-state index contributed by atoms with van der Waals surface area (Å²) < 4.78 is 1.15. The van der Waals surface area contributed by atoms with Crippen LogP contribution >= 0.6 is 27.3 Å². The summed E-state index contributed by atoms with van der Waals surface area (Å²) in [5.74, 6) is 0. The molecule has 0 saturated heterocycles. The van der Waals surface area contributed by atoms with Gasteiger partial charge in [-0.2, -0.15) is 5.26 Å². The van der Waals surface area contributed by atoms with Crippen molar-refractivity contribution in [1.82, 2.24) is 4.90 Å². The van der Waals surface area contributed by atoms with Gasteiger partial charge in [-0.1, -0.05) is 18.2 Å². The summed E-state index contributed by atoms with van der Waals surface area (Å²) >= 11 is 5.32. The maximum absolute atomic E-state index is 8.96. The molecule has 4 heteroatoms. The highest BCUT2D eigenvalue weighted by molar-refractivity contribution is 9.10. The van der Waals surface area contributed by atoms with Crippen molar-refractivity contribution in [2.75, 3.05) is 6.54 Å². The average molecular weight is 347 g/mol. The third-order valence-corrected chi connectivity index (χ3v) is 4.82. The Balaban J connectivity index is 2.11. The molecule has 102 valence electrons. The number of hydrogen-bond acceptors (Lipinski definition) is 3. The average Bonchev–Trinajstić information content (AvgIpc) is 2.85. The van der Waals surface area contributed by atoms with Crippen LogP contribution in [0.1, 0.15) is 16.0 Å². The van der Waals surface area contributed by atoms with E-state index < -0.39 is 0 Å². The van der Waals surface area contributed by atoms with E-state index >= 15 is 0 Å². The Morgan fingerprint density at radius 3 is 2.85 bits per heavy atom. The first-order chi connectivity index (χ1) is 9.72. The quantitative estimate of drug-likeness (QED) is 0.716. The summed E-state index contributed by atoms with van der Waals surface area (Å²) in [6, 6.07) is 12.0. The number of rotatable bonds is 6. The van der Waals surface area contributed by atoms with E-state index in [1.54, 1.807) is 11.3 Å². The van der Waals surface area contributed by atoms with E-state index in [1.807, 2.05) is 24.3 Å². The molecule has 0 radical (unpaired) electrons. The zero-order valence-electron chi connectivity index (χ0n) is 11.1. The van der Waals surface area contributed by atoms with Gasteiger partial charge >= 0.3 is 0 Å². The summed E-state index contributed by atoms with van der Waals surface area (Å²) in [6.07, 6.45) is 1.91. The van der Waals surface area contributed by atoms with Gasteiger partial charge in [0, 0.05) is 29.0 Å². The third kappa shape index (κ3) is 4.04. The molecule has 0 aliphatic heterocycles. The standard InChI is InChI=1S/C16H15BrN2S/c1-2-7-19(12-16-15(17)6-8-20-16)11-14-5-3-4-13(9-14)10-18/h2-6,8-9H,1,7,11-12H2. The predicted molar refractivity (Wildman–Crippen MR) is 87.5 cm³/mol. The molecule has 0 spiro atoms. The van der Waals surface area contributed by atoms with Crippen LogP contribution in [0.25, 0.3) is 0 Å². The predicted octanol–water partition coefficient (Wildman–Crippen LogP) is 4.57. The molecule has 1 aromatic carbocycles. The summed E-state index contributed by atoms with van der Waals surface area (Å²) in [5.41, 5.74) is 1.86. The number of thiophene rings is 1. The number of halogens is 1. The maximum Gasteiger partial charge on any atom is 0.0991 e. The van der Waals surface area contributed by atoms with Gasteiger partial charge in [-0.25, -0.2) is 0 Å². The Bertz CT molecular complexity index is 627. The molecule has 2 aromatic rings. The van der Waals surface area contributed by atoms with Gasteiger partial charge in [-0.3, -0.25) is 4.90 Å². The van der Waals surface area contributed by atoms with Crippen molar-refractivity contribution in [3.05, 3.63) is 68.8 Å². The van der Waals surface area contributed by atoms with E-state index in [0.717, 1.165) is 29.7 Å². The van der Waals surface area contributed by atoms with Crippen LogP contribution in [0.5, 0.6) is 0 Å². The number of nitrogens with zero attached hydrogens (tertiary/aromatic N) is 2. The van der Waals surface area contributed by atoms with Crippen molar-refractivity contribution in [3.63, 3.8) is 0 Å². The molecular weight excluding hydrogens is 332 g/mol. The lowest BCUT2D eigenvalue weighted by molar-refractivity contribution is 0.288. The van der Waals surface area contributed by atoms with E-state index in [4.69, 9.17) is 5.26 Å². The van der Waals surface area contributed by atoms with Crippen LogP contribution in [-0.2, 0) is 13.1 Å². The normalized spacial score (nSPS) is 10.4. The lowest BCUT2D eigenvalue weighted by Gasteiger charge is -2.20. The fraction of sp³-hybridized carbons (Fsp3) is 0.188. The summed E-state index contributed by atoms with van der Waals surface area (Å²) in [4.78, 5) is 3.61. The van der Waals surface area contributed by atoms with Gasteiger partial charge in [0.15, 0.2) is 0 Å². The molecule has 1 heterocycles. The second kappa shape index (κ2) is 7.39. The van der Waals surface area contributed by atoms with Gasteiger partial charge in [0.25, 0.3) is 0 Å². The Hall–Kier alpha value is -1.41. The van der Waals surface area contributed by atoms with E-state index in [0.29, 0.717) is 5.56 Å². The minimum atomic E-state index is 0.707. The van der Waals surface area contributed by atoms with Crippen molar-refractivity contribution < 1.29 is 0 Å². The molecule has 0 fully saturated rings. The van der Waals surface area contributed by atoms with Gasteiger partial charge in [0.05, 0.1) is 11.6 Å². The van der Waals surface area contributed by atoms with Crippen LogP contribution in [0.3, 0.4) is 0 Å². The Morgan fingerprint density at radius 1 is 1.35 bits per heavy atom. The van der Waals surface area contributed by atoms with E-state index in [1.165, 1.54) is 4.88 Å². The fourth-order valence-electron chi connectivity index (χ4n) is 2.01. The van der Waals surface area contributed by atoms with Crippen LogP contribution in [0.15, 0.2) is 52.8 Å². The highest BCUT2D eigenvalue weighted by atomic mass is 79.9. The molecule has 0 N–H and O–H groups in total. The molecule has 0 aliphatic carbocycles. The molecule has 20 heavy (non-hydrogen) atoms. The monoisotopic (exact) mass is 346 g/mol. The molecule has 0 saturated carbocycles. The van der Waals surface area contributed by atoms with Crippen molar-refractivity contribution in [2.45, 2.75) is 13.1 Å². The minimum absolute atomic E-state index is 0.707. The lowest BCUT2D eigenvalue weighted by Crippen LogP contribution is -2.22. The molecule has 0 amide bonds. The third-order valence-electron chi connectivity index (χ3n) is 2.91. The van der Waals surface area contributed by atoms with Crippen LogP contribution in [0.2, 0.25) is 0 Å². The van der Waals surface area contributed by atoms with Crippen molar-refractivity contribution in [3.8, 4) is 6.07 Å². The highest BCUT2D eigenvalue weighted by Gasteiger charge is 2.09. The van der Waals surface area contributed by atoms with Gasteiger partial charge in [-0.15, -0.1) is 17.9 Å². The zero-order chi connectivity index (χ0) is 14.4. The van der Waals surface area contributed by atoms with Crippen LogP contribution in [0.4, 0.5) is 0 Å². The molecule has 0 aliphatic rings. The largest absolute Gasteiger partial charge is 0.290 e. The van der Waals surface area contributed by atoms with E-state index in [9.17, 15) is 0 Å². The Kier molecular flexibility index (Phi) is 5.54. The van der Waals surface area contributed by atoms with Crippen molar-refractivity contribution in [1.29, 1.82) is 5.26 Å². The molecule has 0 bridgehead atoms. The van der Waals surface area contributed by atoms with E-state index in [2.05, 4.69) is 51.0 Å². The summed E-state index contributed by atoms with van der Waals surface area (Å²) in [7, 11) is 0. The van der Waals surface area contributed by atoms with Crippen molar-refractivity contribution >= 4 is 27.3 Å². The van der Waals surface area contributed by atoms with E-state index in [-0.39, 0.29) is 0 Å². The minimum Gasteiger partial charge on any atom is -0.290 e. The SMILES string of the molecule is C=CCN(Cc1cccc(C#N)c1)Cc1sccc1Br. The molecule has 0 atom stereocenters. The second-order valence-corrected chi connectivity index (χ2v) is 6.32. The second-order valence-electron chi connectivity index (χ2n) is 4.46. The van der Waals surface area contributed by atoms with Gasteiger partial charge in [0.2, 0.25) is 0 Å². The first-order valence-corrected chi connectivity index (χ1v) is 7.94. The number of nitriles is 1. The Labute approximate surface area is 132 Å². The number of hydrogen-bond donors (Lipinski definition) is 0. The van der Waals surface area contributed by atoms with Gasteiger partial charge in [0.1, 0.15) is 0 Å². The topological polar surface area (TPSA) is 27.0 Å².